The first kappa shape index (κ1) is 19.4. The Balaban J connectivity index is 1.60. The third kappa shape index (κ3) is 3.17. The summed E-state index contributed by atoms with van der Waals surface area (Å²) in [6.07, 6.45) is 8.51. The maximum absolute atomic E-state index is 14.1. The van der Waals surface area contributed by atoms with Gasteiger partial charge < -0.3 is 4.74 Å². The number of ether oxygens (including phenoxy) is 1. The van der Waals surface area contributed by atoms with Gasteiger partial charge in [0, 0.05) is 18.2 Å². The molecule has 1 saturated carbocycles. The molecule has 154 valence electrons. The Morgan fingerprint density at radius 3 is 2.69 bits per heavy atom. The van der Waals surface area contributed by atoms with E-state index in [-0.39, 0.29) is 28.9 Å². The van der Waals surface area contributed by atoms with Crippen LogP contribution < -0.4 is 0 Å². The fourth-order valence-electron chi connectivity index (χ4n) is 6.22. The predicted molar refractivity (Wildman–Crippen MR) is 118 cm³/mol. The quantitative estimate of drug-likeness (QED) is 0.631. The molecule has 1 spiro atoms. The molecule has 0 aromatic heterocycles. The Hall–Kier alpha value is -1.59. The minimum Gasteiger partial charge on any atom is -0.375 e. The Morgan fingerprint density at radius 2 is 1.93 bits per heavy atom. The molecule has 2 fully saturated rings. The summed E-state index contributed by atoms with van der Waals surface area (Å²) >= 11 is 5.72. The van der Waals surface area contributed by atoms with Crippen molar-refractivity contribution >= 4 is 28.9 Å². The van der Waals surface area contributed by atoms with E-state index in [2.05, 4.69) is 38.1 Å². The van der Waals surface area contributed by atoms with Crippen LogP contribution in [0.15, 0.2) is 29.3 Å². The van der Waals surface area contributed by atoms with Crippen molar-refractivity contribution in [3.8, 4) is 0 Å². The highest BCUT2D eigenvalue weighted by molar-refractivity contribution is 7.80. The highest BCUT2D eigenvalue weighted by Crippen LogP contribution is 2.52. The molecule has 4 aliphatic rings. The van der Waals surface area contributed by atoms with Crippen LogP contribution in [0.1, 0.15) is 69.9 Å². The van der Waals surface area contributed by atoms with Crippen LogP contribution in [0.25, 0.3) is 0 Å². The number of carbonyl (C=O) groups is 1. The van der Waals surface area contributed by atoms with Crippen molar-refractivity contribution in [3.05, 3.63) is 35.4 Å². The van der Waals surface area contributed by atoms with Gasteiger partial charge >= 0.3 is 0 Å². The van der Waals surface area contributed by atoms with Gasteiger partial charge in [0.25, 0.3) is 0 Å². The smallest absolute Gasteiger partial charge is 0.238 e. The van der Waals surface area contributed by atoms with Crippen LogP contribution in [0, 0.1) is 11.3 Å². The van der Waals surface area contributed by atoms with E-state index in [1.165, 1.54) is 24.8 Å². The second-order valence-electron chi connectivity index (χ2n) is 9.93. The van der Waals surface area contributed by atoms with Gasteiger partial charge in [-0.3, -0.25) is 9.69 Å². The third-order valence-corrected chi connectivity index (χ3v) is 7.80. The molecule has 0 radical (unpaired) electrons. The number of amides is 1. The van der Waals surface area contributed by atoms with Crippen LogP contribution in [-0.4, -0.2) is 39.9 Å². The van der Waals surface area contributed by atoms with Gasteiger partial charge in [-0.1, -0.05) is 43.5 Å². The van der Waals surface area contributed by atoms with Crippen LogP contribution in [0.2, 0.25) is 0 Å². The Kier molecular flexibility index (Phi) is 4.67. The number of carbonyl (C=O) groups excluding carboxylic acids is 1. The molecule has 0 N–H and O–H groups in total. The van der Waals surface area contributed by atoms with Crippen LogP contribution in [0.5, 0.6) is 0 Å². The van der Waals surface area contributed by atoms with Gasteiger partial charge in [-0.05, 0) is 69.1 Å². The van der Waals surface area contributed by atoms with E-state index in [1.54, 1.807) is 0 Å². The maximum Gasteiger partial charge on any atom is 0.238 e. The topological polar surface area (TPSA) is 41.9 Å². The molecule has 5 heteroatoms. The lowest BCUT2D eigenvalue weighted by atomic mass is 9.56. The fourth-order valence-corrected chi connectivity index (χ4v) is 6.56. The van der Waals surface area contributed by atoms with Gasteiger partial charge in [0.2, 0.25) is 11.0 Å². The summed E-state index contributed by atoms with van der Waals surface area (Å²) in [5, 5.41) is 0.451. The highest BCUT2D eigenvalue weighted by Gasteiger charge is 2.54. The highest BCUT2D eigenvalue weighted by atomic mass is 32.1. The Labute approximate surface area is 178 Å². The molecule has 2 aliphatic heterocycles. The lowest BCUT2D eigenvalue weighted by Gasteiger charge is -2.51. The van der Waals surface area contributed by atoms with Crippen molar-refractivity contribution in [2.45, 2.75) is 76.9 Å². The van der Waals surface area contributed by atoms with E-state index in [0.717, 1.165) is 43.4 Å². The number of hydrogen-bond acceptors (Lipinski definition) is 3. The van der Waals surface area contributed by atoms with Crippen molar-refractivity contribution in [1.82, 2.24) is 4.90 Å². The lowest BCUT2D eigenvalue weighted by molar-refractivity contribution is -0.140. The van der Waals surface area contributed by atoms with Crippen molar-refractivity contribution in [2.24, 2.45) is 16.3 Å². The molecule has 5 rings (SSSR count). The molecule has 1 aromatic carbocycles. The van der Waals surface area contributed by atoms with E-state index in [1.807, 2.05) is 4.90 Å². The Bertz CT molecular complexity index is 885. The number of aliphatic imine (C=N–C) groups is 1. The zero-order chi connectivity index (χ0) is 20.2. The summed E-state index contributed by atoms with van der Waals surface area (Å²) in [5.74, 6) is 0.0365. The standard InChI is InChI=1S/C24H30N2O2S/c1-23(2)15-17(10-13-28-23)26-21(27)19-20(25-22(26)29)18-9-5-4-8-16(18)14-24(19)11-6-3-7-12-24/h4-5,8-9,17,19H,3,6-7,10-15H2,1-2H3. The van der Waals surface area contributed by atoms with Crippen LogP contribution in [0.3, 0.4) is 0 Å². The average Bonchev–Trinajstić information content (AvgIpc) is 2.67. The summed E-state index contributed by atoms with van der Waals surface area (Å²) in [6, 6.07) is 8.58. The summed E-state index contributed by atoms with van der Waals surface area (Å²) in [7, 11) is 0. The second-order valence-corrected chi connectivity index (χ2v) is 10.3. The summed E-state index contributed by atoms with van der Waals surface area (Å²) in [5.41, 5.74) is 3.17. The summed E-state index contributed by atoms with van der Waals surface area (Å²) in [6.45, 7) is 4.87. The van der Waals surface area contributed by atoms with Crippen LogP contribution in [-0.2, 0) is 16.0 Å². The largest absolute Gasteiger partial charge is 0.375 e. The molecule has 2 atom stereocenters. The van der Waals surface area contributed by atoms with Crippen molar-refractivity contribution < 1.29 is 9.53 Å². The molecule has 1 amide bonds. The zero-order valence-corrected chi connectivity index (χ0v) is 18.3. The van der Waals surface area contributed by atoms with Crippen LogP contribution >= 0.6 is 12.2 Å². The molecule has 2 aliphatic carbocycles. The van der Waals surface area contributed by atoms with E-state index >= 15 is 0 Å². The molecule has 0 bridgehead atoms. The SMILES string of the molecule is CC1(C)CC(N2C(=O)C3C(=NC2=S)c2ccccc2CC32CCCCC2)CCO1. The first-order chi connectivity index (χ1) is 13.9. The van der Waals surface area contributed by atoms with Crippen LogP contribution in [0.4, 0.5) is 0 Å². The molecule has 1 saturated heterocycles. The number of nitrogens with zero attached hydrogens (tertiary/aromatic N) is 2. The molecule has 1 aromatic rings. The van der Waals surface area contributed by atoms with Gasteiger partial charge in [-0.2, -0.15) is 0 Å². The minimum absolute atomic E-state index is 0.00249. The molecule has 2 unspecified atom stereocenters. The number of rotatable bonds is 1. The summed E-state index contributed by atoms with van der Waals surface area (Å²) in [4.78, 5) is 20.9. The summed E-state index contributed by atoms with van der Waals surface area (Å²) < 4.78 is 5.90. The first-order valence-electron chi connectivity index (χ1n) is 11.1. The maximum atomic E-state index is 14.1. The predicted octanol–water partition coefficient (Wildman–Crippen LogP) is 4.68. The van der Waals surface area contributed by atoms with E-state index in [0.29, 0.717) is 11.7 Å². The zero-order valence-electron chi connectivity index (χ0n) is 17.4. The molecular formula is C24H30N2O2S. The Morgan fingerprint density at radius 1 is 1.17 bits per heavy atom. The molecular weight excluding hydrogens is 380 g/mol. The second kappa shape index (κ2) is 6.98. The minimum atomic E-state index is -0.232. The fraction of sp³-hybridized carbons (Fsp3) is 0.625. The van der Waals surface area contributed by atoms with Gasteiger partial charge in [-0.25, -0.2) is 4.99 Å². The average molecular weight is 411 g/mol. The lowest BCUT2D eigenvalue weighted by Crippen LogP contribution is -2.60. The van der Waals surface area contributed by atoms with Crippen molar-refractivity contribution in [2.75, 3.05) is 6.61 Å². The van der Waals surface area contributed by atoms with Crippen molar-refractivity contribution in [3.63, 3.8) is 0 Å². The molecule has 29 heavy (non-hydrogen) atoms. The van der Waals surface area contributed by atoms with Gasteiger partial charge in [0.1, 0.15) is 0 Å². The van der Waals surface area contributed by atoms with E-state index in [4.69, 9.17) is 21.9 Å². The van der Waals surface area contributed by atoms with Gasteiger partial charge in [-0.15, -0.1) is 0 Å². The van der Waals surface area contributed by atoms with Crippen molar-refractivity contribution in [1.29, 1.82) is 0 Å². The molecule has 4 nitrogen and oxygen atoms in total. The van der Waals surface area contributed by atoms with Gasteiger partial charge in [0.15, 0.2) is 0 Å². The van der Waals surface area contributed by atoms with E-state index in [9.17, 15) is 4.79 Å². The molecule has 2 heterocycles. The first-order valence-corrected chi connectivity index (χ1v) is 11.5. The van der Waals surface area contributed by atoms with E-state index < -0.39 is 0 Å². The number of benzene rings is 1. The third-order valence-electron chi connectivity index (χ3n) is 7.51. The monoisotopic (exact) mass is 410 g/mol. The van der Waals surface area contributed by atoms with Gasteiger partial charge in [0.05, 0.1) is 17.2 Å². The number of thiocarbonyl (C=S) groups is 1. The number of hydrogen-bond donors (Lipinski definition) is 0. The normalized spacial score (nSPS) is 30.6. The number of fused-ring (bicyclic) bond motifs is 4.